The zero-order chi connectivity index (χ0) is 23.9. The molecule has 2 atom stereocenters. The molecule has 32 heavy (non-hydrogen) atoms. The van der Waals surface area contributed by atoms with Crippen molar-refractivity contribution in [3.8, 4) is 0 Å². The highest BCUT2D eigenvalue weighted by molar-refractivity contribution is 5.86. The van der Waals surface area contributed by atoms with Crippen LogP contribution in [0.25, 0.3) is 0 Å². The molecule has 0 spiro atoms. The molecule has 0 aromatic heterocycles. The van der Waals surface area contributed by atoms with Gasteiger partial charge in [0.2, 0.25) is 0 Å². The van der Waals surface area contributed by atoms with Gasteiger partial charge in [-0.2, -0.15) is 0 Å². The van der Waals surface area contributed by atoms with E-state index < -0.39 is 0 Å². The van der Waals surface area contributed by atoms with Gasteiger partial charge in [-0.1, -0.05) is 74.0 Å². The van der Waals surface area contributed by atoms with Crippen LogP contribution >= 0.6 is 0 Å². The molecule has 0 radical (unpaired) electrons. The molecule has 0 amide bonds. The first-order valence-electron chi connectivity index (χ1n) is 11.7. The van der Waals surface area contributed by atoms with Gasteiger partial charge in [0.1, 0.15) is 0 Å². The van der Waals surface area contributed by atoms with Crippen molar-refractivity contribution in [3.63, 3.8) is 0 Å². The zero-order valence-electron chi connectivity index (χ0n) is 20.6. The molecule has 0 N–H and O–H groups in total. The average molecular weight is 459 g/mol. The van der Waals surface area contributed by atoms with Crippen LogP contribution in [-0.4, -0.2) is 50.6 Å². The predicted molar refractivity (Wildman–Crippen MR) is 133 cm³/mol. The minimum atomic E-state index is -0.330. The average Bonchev–Trinajstić information content (AvgIpc) is 3.67. The molecule has 0 saturated carbocycles. The number of hydrogen-bond donors (Lipinski definition) is 0. The second-order valence-electron chi connectivity index (χ2n) is 7.46. The van der Waals surface area contributed by atoms with Gasteiger partial charge in [-0.15, -0.1) is 0 Å². The molecule has 0 aromatic rings. The van der Waals surface area contributed by atoms with Crippen LogP contribution in [0.2, 0.25) is 0 Å². The number of unbranched alkanes of at least 4 members (excludes halogenated alkanes) is 3. The fourth-order valence-electron chi connectivity index (χ4n) is 1.78. The van der Waals surface area contributed by atoms with Gasteiger partial charge in [0.05, 0.1) is 38.6 Å². The number of rotatable bonds is 12. The van der Waals surface area contributed by atoms with Gasteiger partial charge in [-0.3, -0.25) is 0 Å². The van der Waals surface area contributed by atoms with Crippen LogP contribution in [-0.2, 0) is 28.5 Å². The third kappa shape index (κ3) is 30.5. The predicted octanol–water partition coefficient (Wildman–Crippen LogP) is 6.43. The van der Waals surface area contributed by atoms with Crippen LogP contribution in [0.15, 0.2) is 24.8 Å². The molecule has 2 unspecified atom stereocenters. The lowest BCUT2D eigenvalue weighted by atomic mass is 10.2. The van der Waals surface area contributed by atoms with Crippen molar-refractivity contribution >= 4 is 11.9 Å². The molecular formula is C26H50O6. The monoisotopic (exact) mass is 458 g/mol. The number of ether oxygens (including phenoxy) is 4. The molecule has 6 heteroatoms. The van der Waals surface area contributed by atoms with E-state index in [1.54, 1.807) is 6.92 Å². The van der Waals surface area contributed by atoms with Gasteiger partial charge >= 0.3 is 11.9 Å². The second-order valence-corrected chi connectivity index (χ2v) is 7.46. The van der Waals surface area contributed by atoms with Crippen molar-refractivity contribution in [1.29, 1.82) is 0 Å². The number of carbonyl (C=O) groups is 2. The van der Waals surface area contributed by atoms with Gasteiger partial charge in [0.15, 0.2) is 0 Å². The number of esters is 2. The van der Waals surface area contributed by atoms with Crippen molar-refractivity contribution in [2.75, 3.05) is 26.4 Å². The summed E-state index contributed by atoms with van der Waals surface area (Å²) < 4.78 is 19.3. The van der Waals surface area contributed by atoms with Crippen molar-refractivity contribution in [2.45, 2.75) is 106 Å². The van der Waals surface area contributed by atoms with Crippen molar-refractivity contribution in [3.05, 3.63) is 24.8 Å². The van der Waals surface area contributed by atoms with Crippen molar-refractivity contribution in [1.82, 2.24) is 0 Å². The Balaban J connectivity index is -0.000000354. The third-order valence-electron chi connectivity index (χ3n) is 4.13. The summed E-state index contributed by atoms with van der Waals surface area (Å²) in [4.78, 5) is 21.0. The molecule has 0 bridgehead atoms. The molecule has 6 nitrogen and oxygen atoms in total. The van der Waals surface area contributed by atoms with E-state index in [-0.39, 0.29) is 19.4 Å². The van der Waals surface area contributed by atoms with Gasteiger partial charge in [0, 0.05) is 11.6 Å². The van der Waals surface area contributed by atoms with E-state index in [1.807, 2.05) is 6.92 Å². The maximum atomic E-state index is 10.7. The first-order chi connectivity index (χ1) is 14.9. The summed E-state index contributed by atoms with van der Waals surface area (Å²) in [5, 5.41) is 0. The summed E-state index contributed by atoms with van der Waals surface area (Å²) >= 11 is 0. The second kappa shape index (κ2) is 25.6. The Morgan fingerprint density at radius 1 is 0.906 bits per heavy atom. The normalized spacial score (nSPS) is 16.7. The van der Waals surface area contributed by atoms with E-state index in [0.717, 1.165) is 38.9 Å². The van der Waals surface area contributed by atoms with E-state index in [1.165, 1.54) is 31.8 Å². The lowest BCUT2D eigenvalue weighted by Crippen LogP contribution is -2.05. The highest BCUT2D eigenvalue weighted by Gasteiger charge is 2.20. The fourth-order valence-corrected chi connectivity index (χ4v) is 1.78. The maximum Gasteiger partial charge on any atom is 0.333 e. The molecule has 2 fully saturated rings. The summed E-state index contributed by atoms with van der Waals surface area (Å²) in [6.45, 7) is 19.9. The Morgan fingerprint density at radius 3 is 1.69 bits per heavy atom. The highest BCUT2D eigenvalue weighted by Crippen LogP contribution is 2.15. The van der Waals surface area contributed by atoms with Crippen LogP contribution in [0.1, 0.15) is 93.4 Å². The summed E-state index contributed by atoms with van der Waals surface area (Å²) in [6, 6.07) is 0. The summed E-state index contributed by atoms with van der Waals surface area (Å²) in [5.74, 6) is -0.614. The third-order valence-corrected chi connectivity index (χ3v) is 4.13. The lowest BCUT2D eigenvalue weighted by molar-refractivity contribution is -0.139. The van der Waals surface area contributed by atoms with E-state index in [2.05, 4.69) is 38.7 Å². The molecule has 2 aliphatic heterocycles. The lowest BCUT2D eigenvalue weighted by Gasteiger charge is -2.01. The van der Waals surface area contributed by atoms with E-state index in [4.69, 9.17) is 14.2 Å². The molecule has 190 valence electrons. The quantitative estimate of drug-likeness (QED) is 0.145. The topological polar surface area (TPSA) is 77.7 Å². The SMILES string of the molecule is C.C=C(C)C(=O)OCCCC.C=CC(=O)OCCCC.CCC1CO1.CCCCC1CO1. The Labute approximate surface area is 197 Å². The van der Waals surface area contributed by atoms with Gasteiger partial charge in [-0.05, 0) is 32.6 Å². The largest absolute Gasteiger partial charge is 0.463 e. The molecular weight excluding hydrogens is 408 g/mol. The number of epoxide rings is 2. The molecule has 0 aromatic carbocycles. The zero-order valence-corrected chi connectivity index (χ0v) is 20.6. The van der Waals surface area contributed by atoms with Gasteiger partial charge < -0.3 is 18.9 Å². The number of carbonyl (C=O) groups excluding carboxylic acids is 2. The first-order valence-corrected chi connectivity index (χ1v) is 11.7. The van der Waals surface area contributed by atoms with Crippen LogP contribution in [0.4, 0.5) is 0 Å². The van der Waals surface area contributed by atoms with Crippen molar-refractivity contribution in [2.24, 2.45) is 0 Å². The van der Waals surface area contributed by atoms with Crippen LogP contribution < -0.4 is 0 Å². The smallest absolute Gasteiger partial charge is 0.333 e. The summed E-state index contributed by atoms with van der Waals surface area (Å²) in [7, 11) is 0. The minimum absolute atomic E-state index is 0. The molecule has 2 aliphatic rings. The molecule has 2 saturated heterocycles. The van der Waals surface area contributed by atoms with Crippen LogP contribution in [0.5, 0.6) is 0 Å². The van der Waals surface area contributed by atoms with Gasteiger partial charge in [0.25, 0.3) is 0 Å². The summed E-state index contributed by atoms with van der Waals surface area (Å²) in [5.41, 5.74) is 0.469. The molecule has 2 heterocycles. The van der Waals surface area contributed by atoms with Crippen LogP contribution in [0.3, 0.4) is 0 Å². The maximum absolute atomic E-state index is 10.7. The Morgan fingerprint density at radius 2 is 1.38 bits per heavy atom. The van der Waals surface area contributed by atoms with Gasteiger partial charge in [-0.25, -0.2) is 9.59 Å². The Bertz CT molecular complexity index is 467. The molecule has 0 aliphatic carbocycles. The van der Waals surface area contributed by atoms with E-state index in [9.17, 15) is 9.59 Å². The standard InChI is InChI=1S/C8H14O2.C7H12O2.C6H12O.C4H8O.CH4/c1-4-5-6-10-8(9)7(2)3;1-3-5-6-9-7(8)4-2;1-2-3-4-6-5-7-6;1-2-4-3-5-4;/h2,4-6H2,1,3H3;4H,2-3,5-6H2,1H3;6H,2-5H2,1H3;4H,2-3H2,1H3;1H4. The minimum Gasteiger partial charge on any atom is -0.463 e. The first kappa shape index (κ1) is 34.9. The fraction of sp³-hybridized carbons (Fsp3) is 0.769. The molecule has 2 rings (SSSR count). The highest BCUT2D eigenvalue weighted by atomic mass is 16.6. The van der Waals surface area contributed by atoms with Crippen molar-refractivity contribution < 1.29 is 28.5 Å². The van der Waals surface area contributed by atoms with E-state index in [0.29, 0.717) is 31.0 Å². The summed E-state index contributed by atoms with van der Waals surface area (Å²) in [6.07, 6.45) is 11.5. The van der Waals surface area contributed by atoms with E-state index >= 15 is 0 Å². The Hall–Kier alpha value is -1.66. The number of hydrogen-bond acceptors (Lipinski definition) is 6. The Kier molecular flexibility index (Phi) is 28.0. The van der Waals surface area contributed by atoms with Crippen LogP contribution in [0, 0.1) is 0 Å².